The smallest absolute Gasteiger partial charge is 0.271 e. The van der Waals surface area contributed by atoms with Crippen LogP contribution in [-0.4, -0.2) is 32.6 Å². The van der Waals surface area contributed by atoms with E-state index in [1.807, 2.05) is 0 Å². The van der Waals surface area contributed by atoms with Crippen molar-refractivity contribution in [2.24, 2.45) is 0 Å². The van der Waals surface area contributed by atoms with Gasteiger partial charge in [-0.15, -0.1) is 0 Å². The van der Waals surface area contributed by atoms with Gasteiger partial charge in [-0.1, -0.05) is 0 Å². The maximum atomic E-state index is 13.6. The Hall–Kier alpha value is -1.69. The van der Waals surface area contributed by atoms with Crippen LogP contribution in [0, 0.1) is 0 Å². The van der Waals surface area contributed by atoms with Crippen LogP contribution in [0.1, 0.15) is 22.8 Å². The van der Waals surface area contributed by atoms with Crippen molar-refractivity contribution in [3.05, 3.63) is 23.3 Å². The second-order valence-corrected chi connectivity index (χ2v) is 4.38. The SMILES string of the molecule is CNCC(=O)c1cc2c(cc1C(C)(F)F)OCCO2. The van der Waals surface area contributed by atoms with Gasteiger partial charge in [-0.05, 0) is 19.2 Å². The molecule has 0 aliphatic carbocycles. The van der Waals surface area contributed by atoms with Crippen molar-refractivity contribution in [1.82, 2.24) is 5.32 Å². The first kappa shape index (κ1) is 13.7. The number of hydrogen-bond acceptors (Lipinski definition) is 4. The molecular weight excluding hydrogens is 256 g/mol. The number of alkyl halides is 2. The maximum absolute atomic E-state index is 13.6. The van der Waals surface area contributed by atoms with Crippen molar-refractivity contribution in [3.63, 3.8) is 0 Å². The van der Waals surface area contributed by atoms with E-state index in [9.17, 15) is 13.6 Å². The molecule has 104 valence electrons. The molecule has 1 N–H and O–H groups in total. The minimum atomic E-state index is -3.12. The number of carbonyl (C=O) groups excluding carboxylic acids is 1. The van der Waals surface area contributed by atoms with E-state index in [0.29, 0.717) is 19.0 Å². The fraction of sp³-hybridized carbons (Fsp3) is 0.462. The summed E-state index contributed by atoms with van der Waals surface area (Å²) in [4.78, 5) is 11.9. The van der Waals surface area contributed by atoms with Crippen molar-refractivity contribution in [3.8, 4) is 11.5 Å². The van der Waals surface area contributed by atoms with E-state index < -0.39 is 11.7 Å². The number of Topliss-reactive ketones (excluding diaryl/α,β-unsaturated/α-hetero) is 1. The van der Waals surface area contributed by atoms with E-state index >= 15 is 0 Å². The van der Waals surface area contributed by atoms with Gasteiger partial charge in [0, 0.05) is 18.1 Å². The Labute approximate surface area is 109 Å². The van der Waals surface area contributed by atoms with Crippen LogP contribution in [0.2, 0.25) is 0 Å². The summed E-state index contributed by atoms with van der Waals surface area (Å²) in [5.41, 5.74) is -0.372. The number of likely N-dealkylation sites (N-methyl/N-ethyl adjacent to an activating group) is 1. The summed E-state index contributed by atoms with van der Waals surface area (Å²) in [6, 6.07) is 2.53. The normalized spacial score (nSPS) is 14.3. The molecule has 0 spiro atoms. The molecule has 19 heavy (non-hydrogen) atoms. The van der Waals surface area contributed by atoms with Gasteiger partial charge in [-0.2, -0.15) is 0 Å². The summed E-state index contributed by atoms with van der Waals surface area (Å²) in [5.74, 6) is -2.94. The molecule has 0 saturated heterocycles. The Kier molecular flexibility index (Phi) is 3.71. The molecule has 0 radical (unpaired) electrons. The van der Waals surface area contributed by atoms with Crippen LogP contribution < -0.4 is 14.8 Å². The molecule has 1 heterocycles. The van der Waals surface area contributed by atoms with Crippen LogP contribution in [0.5, 0.6) is 11.5 Å². The Morgan fingerprint density at radius 2 is 1.89 bits per heavy atom. The molecule has 0 bridgehead atoms. The van der Waals surface area contributed by atoms with E-state index in [4.69, 9.17) is 9.47 Å². The van der Waals surface area contributed by atoms with Crippen molar-refractivity contribution in [2.75, 3.05) is 26.8 Å². The number of ketones is 1. The lowest BCUT2D eigenvalue weighted by Gasteiger charge is -2.23. The predicted octanol–water partition coefficient (Wildman–Crippen LogP) is 1.97. The molecule has 0 saturated carbocycles. The maximum Gasteiger partial charge on any atom is 0.271 e. The van der Waals surface area contributed by atoms with E-state index in [1.165, 1.54) is 12.1 Å². The van der Waals surface area contributed by atoms with Crippen LogP contribution in [0.3, 0.4) is 0 Å². The van der Waals surface area contributed by atoms with Crippen LogP contribution in [0.4, 0.5) is 8.78 Å². The highest BCUT2D eigenvalue weighted by Gasteiger charge is 2.32. The molecule has 0 aromatic heterocycles. The number of nitrogens with one attached hydrogen (secondary N) is 1. The third-order valence-corrected chi connectivity index (χ3v) is 2.79. The molecule has 0 fully saturated rings. The third kappa shape index (κ3) is 2.84. The average molecular weight is 271 g/mol. The van der Waals surface area contributed by atoms with Crippen LogP contribution in [-0.2, 0) is 5.92 Å². The molecule has 1 aliphatic heterocycles. The second kappa shape index (κ2) is 5.13. The first-order valence-corrected chi connectivity index (χ1v) is 5.93. The minimum Gasteiger partial charge on any atom is -0.486 e. The highest BCUT2D eigenvalue weighted by Crippen LogP contribution is 2.39. The Morgan fingerprint density at radius 1 is 1.32 bits per heavy atom. The third-order valence-electron chi connectivity index (χ3n) is 2.79. The van der Waals surface area contributed by atoms with E-state index in [2.05, 4.69) is 5.32 Å². The van der Waals surface area contributed by atoms with E-state index in [1.54, 1.807) is 7.05 Å². The molecule has 0 atom stereocenters. The number of benzene rings is 1. The summed E-state index contributed by atoms with van der Waals surface area (Å²) in [7, 11) is 1.58. The van der Waals surface area contributed by atoms with Gasteiger partial charge in [0.2, 0.25) is 0 Å². The van der Waals surface area contributed by atoms with Crippen molar-refractivity contribution in [2.45, 2.75) is 12.8 Å². The lowest BCUT2D eigenvalue weighted by Crippen LogP contribution is -2.24. The monoisotopic (exact) mass is 271 g/mol. The summed E-state index contributed by atoms with van der Waals surface area (Å²) < 4.78 is 37.8. The molecule has 6 heteroatoms. The molecule has 1 aliphatic rings. The van der Waals surface area contributed by atoms with Gasteiger partial charge >= 0.3 is 0 Å². The highest BCUT2D eigenvalue weighted by atomic mass is 19.3. The standard InChI is InChI=1S/C13H15F2NO3/c1-13(14,15)9-6-12-11(18-3-4-19-12)5-8(9)10(17)7-16-2/h5-6,16H,3-4,7H2,1-2H3. The number of ether oxygens (including phenoxy) is 2. The van der Waals surface area contributed by atoms with Gasteiger partial charge in [0.25, 0.3) is 5.92 Å². The number of hydrogen-bond donors (Lipinski definition) is 1. The van der Waals surface area contributed by atoms with Crippen LogP contribution >= 0.6 is 0 Å². The largest absolute Gasteiger partial charge is 0.486 e. The van der Waals surface area contributed by atoms with Crippen LogP contribution in [0.25, 0.3) is 0 Å². The first-order chi connectivity index (χ1) is 8.93. The number of rotatable bonds is 4. The quantitative estimate of drug-likeness (QED) is 0.851. The molecule has 1 aromatic rings. The fourth-order valence-corrected chi connectivity index (χ4v) is 1.94. The average Bonchev–Trinajstić information content (AvgIpc) is 2.36. The Balaban J connectivity index is 2.52. The van der Waals surface area contributed by atoms with Gasteiger partial charge in [-0.3, -0.25) is 4.79 Å². The molecule has 1 aromatic carbocycles. The number of halogens is 2. The van der Waals surface area contributed by atoms with Crippen molar-refractivity contribution >= 4 is 5.78 Å². The fourth-order valence-electron chi connectivity index (χ4n) is 1.94. The summed E-state index contributed by atoms with van der Waals surface area (Å²) in [5, 5.41) is 2.66. The lowest BCUT2D eigenvalue weighted by atomic mass is 9.98. The molecule has 2 rings (SSSR count). The zero-order valence-corrected chi connectivity index (χ0v) is 10.8. The Morgan fingerprint density at radius 3 is 2.42 bits per heavy atom. The van der Waals surface area contributed by atoms with Gasteiger partial charge in [0.1, 0.15) is 13.2 Å². The van der Waals surface area contributed by atoms with Gasteiger partial charge < -0.3 is 14.8 Å². The zero-order valence-electron chi connectivity index (χ0n) is 10.8. The zero-order chi connectivity index (χ0) is 14.0. The predicted molar refractivity (Wildman–Crippen MR) is 65.3 cm³/mol. The second-order valence-electron chi connectivity index (χ2n) is 4.38. The number of carbonyl (C=O) groups is 1. The minimum absolute atomic E-state index is 0.0112. The summed E-state index contributed by atoms with van der Waals surface area (Å²) in [6.45, 7) is 1.40. The van der Waals surface area contributed by atoms with Crippen molar-refractivity contribution < 1.29 is 23.0 Å². The first-order valence-electron chi connectivity index (χ1n) is 5.93. The van der Waals surface area contributed by atoms with Crippen molar-refractivity contribution in [1.29, 1.82) is 0 Å². The van der Waals surface area contributed by atoms with Gasteiger partial charge in [-0.25, -0.2) is 8.78 Å². The molecular formula is C13H15F2NO3. The summed E-state index contributed by atoms with van der Waals surface area (Å²) in [6.07, 6.45) is 0. The lowest BCUT2D eigenvalue weighted by molar-refractivity contribution is 0.0159. The van der Waals surface area contributed by atoms with E-state index in [0.717, 1.165) is 6.92 Å². The highest BCUT2D eigenvalue weighted by molar-refractivity contribution is 6.00. The van der Waals surface area contributed by atoms with Crippen LogP contribution in [0.15, 0.2) is 12.1 Å². The van der Waals surface area contributed by atoms with Gasteiger partial charge in [0.05, 0.1) is 6.54 Å². The Bertz CT molecular complexity index is 497. The molecule has 0 amide bonds. The summed E-state index contributed by atoms with van der Waals surface area (Å²) >= 11 is 0. The molecule has 0 unspecified atom stereocenters. The number of fused-ring (bicyclic) bond motifs is 1. The molecule has 4 nitrogen and oxygen atoms in total. The topological polar surface area (TPSA) is 47.6 Å². The van der Waals surface area contributed by atoms with E-state index in [-0.39, 0.29) is 23.4 Å². The van der Waals surface area contributed by atoms with Gasteiger partial charge in [0.15, 0.2) is 17.3 Å².